The number of aliphatic carboxylic acids is 1. The molecular formula is C11H22O5. The Bertz CT molecular complexity index is 177. The first-order valence-electron chi connectivity index (χ1n) is 5.21. The van der Waals surface area contributed by atoms with E-state index in [0.29, 0.717) is 19.3 Å². The van der Waals surface area contributed by atoms with Crippen LogP contribution in [0.3, 0.4) is 0 Å². The molecular weight excluding hydrogens is 212 g/mol. The number of aldehydes is 1. The number of carboxylic acid groups (broad SMARTS) is 1. The van der Waals surface area contributed by atoms with E-state index < -0.39 is 5.97 Å². The smallest absolute Gasteiger partial charge is 0.306 e. The molecule has 5 nitrogen and oxygen atoms in total. The Morgan fingerprint density at radius 1 is 1.31 bits per heavy atom. The predicted octanol–water partition coefficient (Wildman–Crippen LogP) is 1.70. The second kappa shape index (κ2) is 12.1. The lowest BCUT2D eigenvalue weighted by Gasteiger charge is -2.03. The van der Waals surface area contributed by atoms with Crippen LogP contribution in [0.4, 0.5) is 0 Å². The fourth-order valence-electron chi connectivity index (χ4n) is 0.727. The van der Waals surface area contributed by atoms with Gasteiger partial charge in [-0.05, 0) is 19.8 Å². The average Bonchev–Trinajstić information content (AvgIpc) is 2.28. The summed E-state index contributed by atoms with van der Waals surface area (Å²) in [5.41, 5.74) is 0. The third-order valence-electron chi connectivity index (χ3n) is 2.04. The van der Waals surface area contributed by atoms with E-state index in [1.54, 1.807) is 21.1 Å². The van der Waals surface area contributed by atoms with Crippen molar-refractivity contribution in [2.75, 3.05) is 14.2 Å². The zero-order valence-electron chi connectivity index (χ0n) is 10.4. The second-order valence-electron chi connectivity index (χ2n) is 3.38. The summed E-state index contributed by atoms with van der Waals surface area (Å²) in [4.78, 5) is 20.0. The van der Waals surface area contributed by atoms with Crippen LogP contribution >= 0.6 is 0 Å². The molecule has 0 saturated heterocycles. The van der Waals surface area contributed by atoms with E-state index in [1.165, 1.54) is 0 Å². The number of carboxylic acids is 1. The number of hydrogen-bond acceptors (Lipinski definition) is 4. The summed E-state index contributed by atoms with van der Waals surface area (Å²) in [5.74, 6) is -1.11. The van der Waals surface area contributed by atoms with Crippen LogP contribution in [-0.4, -0.2) is 37.9 Å². The van der Waals surface area contributed by atoms with E-state index >= 15 is 0 Å². The summed E-state index contributed by atoms with van der Waals surface area (Å²) in [6, 6.07) is 0. The van der Waals surface area contributed by atoms with Gasteiger partial charge in [0.15, 0.2) is 6.29 Å². The summed E-state index contributed by atoms with van der Waals surface area (Å²) < 4.78 is 9.35. The maximum Gasteiger partial charge on any atom is 0.306 e. The topological polar surface area (TPSA) is 72.8 Å². The number of carbonyl (C=O) groups is 2. The summed E-state index contributed by atoms with van der Waals surface area (Å²) >= 11 is 0. The van der Waals surface area contributed by atoms with Gasteiger partial charge in [-0.3, -0.25) is 4.79 Å². The molecule has 0 aliphatic heterocycles. The zero-order valence-corrected chi connectivity index (χ0v) is 10.4. The van der Waals surface area contributed by atoms with Gasteiger partial charge in [-0.25, -0.2) is 0 Å². The first-order chi connectivity index (χ1) is 7.49. The fourth-order valence-corrected chi connectivity index (χ4v) is 0.727. The number of methoxy groups -OCH3 is 2. The van der Waals surface area contributed by atoms with E-state index in [0.717, 1.165) is 6.29 Å². The highest BCUT2D eigenvalue weighted by molar-refractivity contribution is 5.69. The van der Waals surface area contributed by atoms with E-state index in [1.807, 2.05) is 6.92 Å². The van der Waals surface area contributed by atoms with Crippen molar-refractivity contribution < 1.29 is 24.2 Å². The third kappa shape index (κ3) is 13.1. The molecule has 0 aromatic carbocycles. The molecule has 1 atom stereocenters. The third-order valence-corrected chi connectivity index (χ3v) is 2.04. The van der Waals surface area contributed by atoms with Crippen LogP contribution in [0.5, 0.6) is 0 Å². The van der Waals surface area contributed by atoms with Gasteiger partial charge in [-0.1, -0.05) is 6.92 Å². The summed E-state index contributed by atoms with van der Waals surface area (Å²) in [6.07, 6.45) is 2.49. The van der Waals surface area contributed by atoms with Gasteiger partial charge in [0.1, 0.15) is 6.29 Å². The molecule has 0 heterocycles. The van der Waals surface area contributed by atoms with E-state index in [4.69, 9.17) is 5.11 Å². The Morgan fingerprint density at radius 2 is 1.81 bits per heavy atom. The van der Waals surface area contributed by atoms with Crippen LogP contribution in [0.1, 0.15) is 33.1 Å². The van der Waals surface area contributed by atoms with Gasteiger partial charge in [0, 0.05) is 20.6 Å². The normalized spacial score (nSPS) is 11.6. The van der Waals surface area contributed by atoms with Gasteiger partial charge < -0.3 is 19.4 Å². The molecule has 1 unspecified atom stereocenters. The molecule has 5 heteroatoms. The first kappa shape index (κ1) is 17.5. The van der Waals surface area contributed by atoms with E-state index in [-0.39, 0.29) is 12.2 Å². The molecule has 16 heavy (non-hydrogen) atoms. The molecule has 0 aliphatic carbocycles. The molecule has 0 aromatic rings. The van der Waals surface area contributed by atoms with Crippen LogP contribution in [0.2, 0.25) is 0 Å². The molecule has 96 valence electrons. The van der Waals surface area contributed by atoms with Gasteiger partial charge in [0.2, 0.25) is 0 Å². The maximum absolute atomic E-state index is 10.2. The number of hydrogen-bond donors (Lipinski definition) is 1. The lowest BCUT2D eigenvalue weighted by Crippen LogP contribution is -2.08. The lowest BCUT2D eigenvalue weighted by molar-refractivity contribution is -0.141. The summed E-state index contributed by atoms with van der Waals surface area (Å²) in [6.45, 7) is 3.48. The molecule has 0 amide bonds. The van der Waals surface area contributed by atoms with Crippen LogP contribution in [0.25, 0.3) is 0 Å². The van der Waals surface area contributed by atoms with Crippen molar-refractivity contribution in [1.82, 2.24) is 0 Å². The van der Waals surface area contributed by atoms with Crippen molar-refractivity contribution in [3.63, 3.8) is 0 Å². The molecule has 0 aliphatic rings. The minimum atomic E-state index is -0.786. The highest BCUT2D eigenvalue weighted by atomic mass is 16.7. The van der Waals surface area contributed by atoms with Crippen LogP contribution < -0.4 is 0 Å². The molecule has 0 radical (unpaired) electrons. The average molecular weight is 234 g/mol. The van der Waals surface area contributed by atoms with Crippen LogP contribution in [0, 0.1) is 5.92 Å². The van der Waals surface area contributed by atoms with Crippen molar-refractivity contribution in [2.45, 2.75) is 39.4 Å². The molecule has 0 aromatic heterocycles. The maximum atomic E-state index is 10.2. The van der Waals surface area contributed by atoms with Crippen molar-refractivity contribution in [1.29, 1.82) is 0 Å². The molecule has 0 spiro atoms. The SMILES string of the molecule is CC(CCCC=O)C(=O)O.COC(C)OC. The first-order valence-corrected chi connectivity index (χ1v) is 5.21. The monoisotopic (exact) mass is 234 g/mol. The Labute approximate surface area is 96.7 Å². The zero-order chi connectivity index (χ0) is 13.0. The standard InChI is InChI=1S/C7H12O3.C4H10O2/c1-6(7(9)10)4-2-3-5-8;1-4(5-2)6-3/h5-6H,2-4H2,1H3,(H,9,10);4H,1-3H3. The largest absolute Gasteiger partial charge is 0.481 e. The Morgan fingerprint density at radius 3 is 2.06 bits per heavy atom. The second-order valence-corrected chi connectivity index (χ2v) is 3.38. The number of unbranched alkanes of at least 4 members (excludes halogenated alkanes) is 1. The van der Waals surface area contributed by atoms with Gasteiger partial charge in [-0.15, -0.1) is 0 Å². The van der Waals surface area contributed by atoms with E-state index in [9.17, 15) is 9.59 Å². The Kier molecular flexibility index (Phi) is 13.2. The molecule has 0 saturated carbocycles. The summed E-state index contributed by atoms with van der Waals surface area (Å²) in [7, 11) is 3.21. The van der Waals surface area contributed by atoms with Crippen molar-refractivity contribution in [3.8, 4) is 0 Å². The lowest BCUT2D eigenvalue weighted by atomic mass is 10.1. The van der Waals surface area contributed by atoms with Crippen molar-refractivity contribution in [2.24, 2.45) is 5.92 Å². The van der Waals surface area contributed by atoms with E-state index in [2.05, 4.69) is 9.47 Å². The van der Waals surface area contributed by atoms with Gasteiger partial charge >= 0.3 is 5.97 Å². The Balaban J connectivity index is 0. The quantitative estimate of drug-likeness (QED) is 0.412. The molecule has 0 rings (SSSR count). The number of ether oxygens (including phenoxy) is 2. The van der Waals surface area contributed by atoms with Gasteiger partial charge in [0.25, 0.3) is 0 Å². The van der Waals surface area contributed by atoms with Crippen molar-refractivity contribution >= 4 is 12.3 Å². The number of rotatable bonds is 7. The van der Waals surface area contributed by atoms with Crippen LogP contribution in [0.15, 0.2) is 0 Å². The van der Waals surface area contributed by atoms with Gasteiger partial charge in [-0.2, -0.15) is 0 Å². The minimum absolute atomic E-state index is 0.0648. The highest BCUT2D eigenvalue weighted by Crippen LogP contribution is 2.05. The molecule has 0 fully saturated rings. The predicted molar refractivity (Wildman–Crippen MR) is 60.2 cm³/mol. The highest BCUT2D eigenvalue weighted by Gasteiger charge is 2.08. The van der Waals surface area contributed by atoms with Crippen LogP contribution in [-0.2, 0) is 19.1 Å². The Hall–Kier alpha value is -0.940. The number of carbonyl (C=O) groups excluding carboxylic acids is 1. The van der Waals surface area contributed by atoms with Gasteiger partial charge in [0.05, 0.1) is 5.92 Å². The minimum Gasteiger partial charge on any atom is -0.481 e. The molecule has 0 bridgehead atoms. The summed E-state index contributed by atoms with van der Waals surface area (Å²) in [5, 5.41) is 8.39. The molecule has 1 N–H and O–H groups in total. The van der Waals surface area contributed by atoms with Crippen molar-refractivity contribution in [3.05, 3.63) is 0 Å². The fraction of sp³-hybridized carbons (Fsp3) is 0.818.